The highest BCUT2D eigenvalue weighted by Crippen LogP contribution is 2.25. The van der Waals surface area contributed by atoms with Crippen molar-refractivity contribution in [3.63, 3.8) is 0 Å². The number of rotatable bonds is 1. The molecule has 0 spiro atoms. The predicted molar refractivity (Wildman–Crippen MR) is 92.5 cm³/mol. The zero-order valence-corrected chi connectivity index (χ0v) is 15.6. The third-order valence-electron chi connectivity index (χ3n) is 2.77. The number of hydrogen-bond acceptors (Lipinski definition) is 3. The Kier molecular flexibility index (Phi) is 5.11. The fraction of sp³-hybridized carbons (Fsp3) is 0.364. The number of benzene rings is 1. The molecular weight excluding hydrogens is 575 g/mol. The molecule has 1 aliphatic heterocycles. The number of aliphatic hydroxyl groups excluding tert-OH is 2. The molecule has 0 unspecified atom stereocenters. The molecule has 0 radical (unpaired) electrons. The molecule has 0 aromatic heterocycles. The van der Waals surface area contributed by atoms with E-state index in [1.807, 2.05) is 12.1 Å². The minimum Gasteiger partial charge on any atom is -0.388 e. The molecule has 1 saturated heterocycles. The average Bonchev–Trinajstić information content (AvgIpc) is 2.63. The lowest BCUT2D eigenvalue weighted by molar-refractivity contribution is 0.0572. The van der Waals surface area contributed by atoms with Gasteiger partial charge in [-0.25, -0.2) is 0 Å². The van der Waals surface area contributed by atoms with Gasteiger partial charge in [-0.2, -0.15) is 0 Å². The standard InChI is InChI=1S/C11H10I3NO3/c12-5-1-6(10(14)7(13)2-5)11(18)15-3-8(16)9(17)4-15/h1-2,8-9,16-17H,3-4H2/t8-,9+. The number of amides is 1. The van der Waals surface area contributed by atoms with E-state index in [9.17, 15) is 15.0 Å². The van der Waals surface area contributed by atoms with Gasteiger partial charge in [0.2, 0.25) is 0 Å². The third-order valence-corrected chi connectivity index (χ3v) is 6.44. The van der Waals surface area contributed by atoms with Gasteiger partial charge in [-0.15, -0.1) is 0 Å². The van der Waals surface area contributed by atoms with E-state index in [0.717, 1.165) is 10.7 Å². The van der Waals surface area contributed by atoms with Gasteiger partial charge in [0, 0.05) is 23.8 Å². The van der Waals surface area contributed by atoms with Crippen LogP contribution in [0.3, 0.4) is 0 Å². The van der Waals surface area contributed by atoms with Gasteiger partial charge >= 0.3 is 0 Å². The quantitative estimate of drug-likeness (QED) is 0.390. The van der Waals surface area contributed by atoms with Crippen LogP contribution < -0.4 is 0 Å². The maximum atomic E-state index is 12.4. The first-order valence-electron chi connectivity index (χ1n) is 5.20. The number of β-amino-alcohol motifs (C(OH)–C–C–N with tert-alkyl or cyclic N) is 2. The smallest absolute Gasteiger partial charge is 0.255 e. The number of hydrogen-bond donors (Lipinski definition) is 2. The molecule has 1 amide bonds. The summed E-state index contributed by atoms with van der Waals surface area (Å²) in [6.45, 7) is 0.385. The zero-order chi connectivity index (χ0) is 13.4. The summed E-state index contributed by atoms with van der Waals surface area (Å²) in [6, 6.07) is 3.84. The number of halogens is 3. The molecule has 2 N–H and O–H groups in total. The van der Waals surface area contributed by atoms with Crippen LogP contribution in [0.5, 0.6) is 0 Å². The topological polar surface area (TPSA) is 60.8 Å². The lowest BCUT2D eigenvalue weighted by atomic mass is 10.2. The molecule has 98 valence electrons. The Morgan fingerprint density at radius 1 is 1.17 bits per heavy atom. The summed E-state index contributed by atoms with van der Waals surface area (Å²) in [7, 11) is 0. The fourth-order valence-corrected chi connectivity index (χ4v) is 4.20. The normalized spacial score (nSPS) is 23.5. The first-order valence-corrected chi connectivity index (χ1v) is 8.43. The Hall–Kier alpha value is 0.800. The summed E-state index contributed by atoms with van der Waals surface area (Å²) in [6.07, 6.45) is -1.68. The van der Waals surface area contributed by atoms with Crippen molar-refractivity contribution in [3.8, 4) is 0 Å². The summed E-state index contributed by atoms with van der Waals surface area (Å²) in [4.78, 5) is 13.9. The first kappa shape index (κ1) is 15.2. The van der Waals surface area contributed by atoms with Crippen LogP contribution in [0.15, 0.2) is 12.1 Å². The highest BCUT2D eigenvalue weighted by Gasteiger charge is 2.33. The first-order chi connectivity index (χ1) is 8.40. The third kappa shape index (κ3) is 3.10. The molecule has 1 aromatic rings. The van der Waals surface area contributed by atoms with E-state index in [1.165, 1.54) is 4.90 Å². The monoisotopic (exact) mass is 585 g/mol. The van der Waals surface area contributed by atoms with Crippen molar-refractivity contribution in [3.05, 3.63) is 28.4 Å². The van der Waals surface area contributed by atoms with E-state index in [4.69, 9.17) is 0 Å². The van der Waals surface area contributed by atoms with Gasteiger partial charge in [0.05, 0.1) is 17.8 Å². The molecule has 1 aliphatic rings. The lowest BCUT2D eigenvalue weighted by Gasteiger charge is -2.17. The lowest BCUT2D eigenvalue weighted by Crippen LogP contribution is -2.30. The average molecular weight is 585 g/mol. The number of nitrogens with zero attached hydrogens (tertiary/aromatic N) is 1. The summed E-state index contributed by atoms with van der Waals surface area (Å²) < 4.78 is 2.94. The van der Waals surface area contributed by atoms with Crippen molar-refractivity contribution in [2.45, 2.75) is 12.2 Å². The van der Waals surface area contributed by atoms with E-state index in [0.29, 0.717) is 5.56 Å². The molecular formula is C11H10I3NO3. The minimum absolute atomic E-state index is 0.133. The number of aliphatic hydroxyl groups is 2. The summed E-state index contributed by atoms with van der Waals surface area (Å²) >= 11 is 6.52. The molecule has 18 heavy (non-hydrogen) atoms. The van der Waals surface area contributed by atoms with Crippen molar-refractivity contribution in [2.75, 3.05) is 13.1 Å². The van der Waals surface area contributed by atoms with Crippen LogP contribution in [0.1, 0.15) is 10.4 Å². The molecule has 7 heteroatoms. The SMILES string of the molecule is O=C(c1cc(I)cc(I)c1I)N1C[C@@H](O)[C@@H](O)C1. The largest absolute Gasteiger partial charge is 0.388 e. The number of carbonyl (C=O) groups excluding carboxylic acids is 1. The zero-order valence-electron chi connectivity index (χ0n) is 9.11. The van der Waals surface area contributed by atoms with Gasteiger partial charge in [0.25, 0.3) is 5.91 Å². The molecule has 0 bridgehead atoms. The Balaban J connectivity index is 2.30. The second kappa shape index (κ2) is 6.06. The van der Waals surface area contributed by atoms with E-state index in [1.54, 1.807) is 0 Å². The van der Waals surface area contributed by atoms with Crippen LogP contribution in [-0.4, -0.2) is 46.3 Å². The molecule has 1 heterocycles. The predicted octanol–water partition coefficient (Wildman–Crippen LogP) is 1.68. The van der Waals surface area contributed by atoms with Crippen LogP contribution >= 0.6 is 67.8 Å². The van der Waals surface area contributed by atoms with Crippen LogP contribution in [0.25, 0.3) is 0 Å². The second-order valence-corrected chi connectivity index (χ2v) is 7.58. The summed E-state index contributed by atoms with van der Waals surface area (Å²) in [5.41, 5.74) is 0.633. The maximum Gasteiger partial charge on any atom is 0.255 e. The van der Waals surface area contributed by atoms with Gasteiger partial charge in [0.1, 0.15) is 0 Å². The molecule has 2 rings (SSSR count). The van der Waals surface area contributed by atoms with Gasteiger partial charge in [-0.1, -0.05) is 0 Å². The highest BCUT2D eigenvalue weighted by molar-refractivity contribution is 14.1. The van der Waals surface area contributed by atoms with Crippen molar-refractivity contribution in [1.29, 1.82) is 0 Å². The van der Waals surface area contributed by atoms with Crippen molar-refractivity contribution in [1.82, 2.24) is 4.90 Å². The van der Waals surface area contributed by atoms with E-state index in [-0.39, 0.29) is 19.0 Å². The van der Waals surface area contributed by atoms with Crippen molar-refractivity contribution >= 4 is 73.7 Å². The fourth-order valence-electron chi connectivity index (χ4n) is 1.82. The van der Waals surface area contributed by atoms with Crippen molar-refractivity contribution < 1.29 is 15.0 Å². The van der Waals surface area contributed by atoms with Crippen LogP contribution in [0.2, 0.25) is 0 Å². The van der Waals surface area contributed by atoms with Crippen molar-refractivity contribution in [2.24, 2.45) is 0 Å². The van der Waals surface area contributed by atoms with Gasteiger partial charge in [0.15, 0.2) is 0 Å². The van der Waals surface area contributed by atoms with Crippen LogP contribution in [0.4, 0.5) is 0 Å². The summed E-state index contributed by atoms with van der Waals surface area (Å²) in [5, 5.41) is 19.0. The second-order valence-electron chi connectivity index (χ2n) is 4.09. The minimum atomic E-state index is -0.839. The maximum absolute atomic E-state index is 12.4. The molecule has 0 aliphatic carbocycles. The van der Waals surface area contributed by atoms with E-state index >= 15 is 0 Å². The van der Waals surface area contributed by atoms with E-state index < -0.39 is 12.2 Å². The molecule has 1 fully saturated rings. The van der Waals surface area contributed by atoms with E-state index in [2.05, 4.69) is 67.8 Å². The highest BCUT2D eigenvalue weighted by atomic mass is 127. The molecule has 0 saturated carbocycles. The Morgan fingerprint density at radius 3 is 2.28 bits per heavy atom. The van der Waals surface area contributed by atoms with Crippen LogP contribution in [-0.2, 0) is 0 Å². The Bertz CT molecular complexity index is 485. The van der Waals surface area contributed by atoms with Crippen LogP contribution in [0, 0.1) is 10.7 Å². The Morgan fingerprint density at radius 2 is 1.72 bits per heavy atom. The van der Waals surface area contributed by atoms with Gasteiger partial charge < -0.3 is 15.1 Å². The number of carbonyl (C=O) groups is 1. The molecule has 2 atom stereocenters. The van der Waals surface area contributed by atoms with Gasteiger partial charge in [-0.05, 0) is 79.9 Å². The summed E-state index contributed by atoms with van der Waals surface area (Å²) in [5.74, 6) is -0.133. The Labute approximate surface area is 146 Å². The molecule has 1 aromatic carbocycles. The van der Waals surface area contributed by atoms with Gasteiger partial charge in [-0.3, -0.25) is 4.79 Å². The number of likely N-dealkylation sites (tertiary alicyclic amines) is 1. The molecule has 4 nitrogen and oxygen atoms in total.